The van der Waals surface area contributed by atoms with Gasteiger partial charge >= 0.3 is 6.09 Å². The molecule has 1 saturated heterocycles. The standard InChI is InChI=1S/C22H24N4O3/c1-2-29-22(28)26-14-12-25(13-15-26)20(18-7-3-4-10-23-18)17-9-8-16-6-5-11-24-19(16)21(17)27/h3-11,20,27H,2,12-15H2,1H3/t20-/m1/s1. The van der Waals surface area contributed by atoms with Crippen molar-refractivity contribution in [3.05, 3.63) is 66.1 Å². The highest BCUT2D eigenvalue weighted by atomic mass is 16.6. The van der Waals surface area contributed by atoms with Crippen molar-refractivity contribution in [3.63, 3.8) is 0 Å². The van der Waals surface area contributed by atoms with Crippen LogP contribution < -0.4 is 0 Å². The Kier molecular flexibility index (Phi) is 5.57. The largest absolute Gasteiger partial charge is 0.505 e. The number of ether oxygens (including phenoxy) is 1. The number of phenolic OH excluding ortho intramolecular Hbond substituents is 1. The topological polar surface area (TPSA) is 78.8 Å². The molecule has 150 valence electrons. The molecule has 7 nitrogen and oxygen atoms in total. The molecule has 1 atom stereocenters. The maximum Gasteiger partial charge on any atom is 0.409 e. The highest BCUT2D eigenvalue weighted by Crippen LogP contribution is 2.37. The summed E-state index contributed by atoms with van der Waals surface area (Å²) in [5, 5.41) is 11.9. The van der Waals surface area contributed by atoms with E-state index in [1.807, 2.05) is 49.4 Å². The van der Waals surface area contributed by atoms with E-state index in [0.29, 0.717) is 38.3 Å². The van der Waals surface area contributed by atoms with Crippen LogP contribution in [0, 0.1) is 0 Å². The van der Waals surface area contributed by atoms with E-state index in [1.165, 1.54) is 0 Å². The van der Waals surface area contributed by atoms with E-state index < -0.39 is 0 Å². The number of amides is 1. The lowest BCUT2D eigenvalue weighted by Crippen LogP contribution is -2.50. The Hall–Kier alpha value is -3.19. The van der Waals surface area contributed by atoms with Crippen molar-refractivity contribution in [1.82, 2.24) is 19.8 Å². The molecule has 0 aliphatic carbocycles. The van der Waals surface area contributed by atoms with Crippen molar-refractivity contribution in [3.8, 4) is 5.75 Å². The highest BCUT2D eigenvalue weighted by molar-refractivity contribution is 5.85. The van der Waals surface area contributed by atoms with Gasteiger partial charge in [0, 0.05) is 49.5 Å². The Morgan fingerprint density at radius 1 is 1.07 bits per heavy atom. The number of hydrogen-bond acceptors (Lipinski definition) is 6. The van der Waals surface area contributed by atoms with Gasteiger partial charge in [0.05, 0.1) is 18.3 Å². The van der Waals surface area contributed by atoms with E-state index >= 15 is 0 Å². The second-order valence-electron chi connectivity index (χ2n) is 6.96. The third-order valence-electron chi connectivity index (χ3n) is 5.25. The van der Waals surface area contributed by atoms with Crippen molar-refractivity contribution >= 4 is 17.0 Å². The monoisotopic (exact) mass is 392 g/mol. The van der Waals surface area contributed by atoms with Crippen LogP contribution in [0.15, 0.2) is 54.9 Å². The number of aromatic nitrogens is 2. The van der Waals surface area contributed by atoms with E-state index in [0.717, 1.165) is 16.6 Å². The lowest BCUT2D eigenvalue weighted by atomic mass is 9.97. The fraction of sp³-hybridized carbons (Fsp3) is 0.318. The minimum absolute atomic E-state index is 0.173. The summed E-state index contributed by atoms with van der Waals surface area (Å²) < 4.78 is 5.12. The molecule has 0 unspecified atom stereocenters. The molecule has 1 N–H and O–H groups in total. The van der Waals surface area contributed by atoms with Crippen LogP contribution in [-0.4, -0.2) is 63.8 Å². The van der Waals surface area contributed by atoms with E-state index in [1.54, 1.807) is 17.3 Å². The fourth-order valence-electron chi connectivity index (χ4n) is 3.82. The number of phenols is 1. The van der Waals surface area contributed by atoms with Crippen LogP contribution in [0.2, 0.25) is 0 Å². The van der Waals surface area contributed by atoms with Crippen molar-refractivity contribution < 1.29 is 14.6 Å². The number of carbonyl (C=O) groups excluding carboxylic acids is 1. The molecule has 4 rings (SSSR count). The molecule has 7 heteroatoms. The maximum atomic E-state index is 12.0. The van der Waals surface area contributed by atoms with Gasteiger partial charge in [0.15, 0.2) is 0 Å². The van der Waals surface area contributed by atoms with E-state index in [9.17, 15) is 9.90 Å². The molecule has 3 aromatic rings. The number of benzene rings is 1. The summed E-state index contributed by atoms with van der Waals surface area (Å²) >= 11 is 0. The summed E-state index contributed by atoms with van der Waals surface area (Å²) in [4.78, 5) is 24.9. The fourth-order valence-corrected chi connectivity index (χ4v) is 3.82. The number of hydrogen-bond donors (Lipinski definition) is 1. The summed E-state index contributed by atoms with van der Waals surface area (Å²) in [6.45, 7) is 4.61. The Balaban J connectivity index is 1.68. The zero-order valence-corrected chi connectivity index (χ0v) is 16.4. The zero-order valence-electron chi connectivity index (χ0n) is 16.4. The first kappa shape index (κ1) is 19.1. The van der Waals surface area contributed by atoms with Crippen LogP contribution in [-0.2, 0) is 4.74 Å². The van der Waals surface area contributed by atoms with Gasteiger partial charge in [-0.2, -0.15) is 0 Å². The lowest BCUT2D eigenvalue weighted by molar-refractivity contribution is 0.0707. The Bertz CT molecular complexity index is 988. The minimum Gasteiger partial charge on any atom is -0.505 e. The van der Waals surface area contributed by atoms with Crippen molar-refractivity contribution in [2.45, 2.75) is 13.0 Å². The highest BCUT2D eigenvalue weighted by Gasteiger charge is 2.31. The van der Waals surface area contributed by atoms with Crippen molar-refractivity contribution in [2.24, 2.45) is 0 Å². The molecule has 0 spiro atoms. The van der Waals surface area contributed by atoms with Gasteiger partial charge in [0.25, 0.3) is 0 Å². The SMILES string of the molecule is CCOC(=O)N1CCN([C@@H](c2ccccn2)c2ccc3cccnc3c2O)CC1. The van der Waals surface area contributed by atoms with Crippen molar-refractivity contribution in [2.75, 3.05) is 32.8 Å². The van der Waals surface area contributed by atoms with Gasteiger partial charge in [-0.3, -0.25) is 14.9 Å². The Morgan fingerprint density at radius 3 is 2.59 bits per heavy atom. The molecule has 0 saturated carbocycles. The molecule has 29 heavy (non-hydrogen) atoms. The smallest absolute Gasteiger partial charge is 0.409 e. The van der Waals surface area contributed by atoms with Crippen LogP contribution in [0.4, 0.5) is 4.79 Å². The molecule has 3 heterocycles. The minimum atomic E-state index is -0.278. The van der Waals surface area contributed by atoms with Crippen molar-refractivity contribution in [1.29, 1.82) is 0 Å². The first-order chi connectivity index (χ1) is 14.2. The molecular weight excluding hydrogens is 368 g/mol. The summed E-state index contributed by atoms with van der Waals surface area (Å²) in [6.07, 6.45) is 3.16. The maximum absolute atomic E-state index is 12.0. The lowest BCUT2D eigenvalue weighted by Gasteiger charge is -2.39. The van der Waals surface area contributed by atoms with Gasteiger partial charge in [-0.05, 0) is 25.1 Å². The zero-order chi connectivity index (χ0) is 20.2. The van der Waals surface area contributed by atoms with Gasteiger partial charge in [-0.25, -0.2) is 4.79 Å². The van der Waals surface area contributed by atoms with E-state index in [4.69, 9.17) is 4.74 Å². The molecule has 1 aliphatic heterocycles. The number of carbonyl (C=O) groups is 1. The number of nitrogens with zero attached hydrogens (tertiary/aromatic N) is 4. The second kappa shape index (κ2) is 8.45. The summed E-state index contributed by atoms with van der Waals surface area (Å²) in [5.74, 6) is 0.173. The summed E-state index contributed by atoms with van der Waals surface area (Å²) in [6, 6.07) is 13.3. The number of piperazine rings is 1. The first-order valence-electron chi connectivity index (χ1n) is 9.82. The molecular formula is C22H24N4O3. The molecule has 0 radical (unpaired) electrons. The average Bonchev–Trinajstić information content (AvgIpc) is 2.77. The van der Waals surface area contributed by atoms with Gasteiger partial charge < -0.3 is 14.7 Å². The van der Waals surface area contributed by atoms with Crippen LogP contribution in [0.25, 0.3) is 10.9 Å². The van der Waals surface area contributed by atoms with E-state index in [2.05, 4.69) is 14.9 Å². The number of fused-ring (bicyclic) bond motifs is 1. The molecule has 1 aromatic carbocycles. The Morgan fingerprint density at radius 2 is 1.86 bits per heavy atom. The Labute approximate surface area is 169 Å². The van der Waals surface area contributed by atoms with Crippen LogP contribution in [0.5, 0.6) is 5.75 Å². The molecule has 1 amide bonds. The van der Waals surface area contributed by atoms with Crippen LogP contribution in [0.1, 0.15) is 24.2 Å². The molecule has 2 aromatic heterocycles. The van der Waals surface area contributed by atoms with Crippen LogP contribution in [0.3, 0.4) is 0 Å². The molecule has 1 fully saturated rings. The van der Waals surface area contributed by atoms with Gasteiger partial charge in [0.2, 0.25) is 0 Å². The summed E-state index contributed by atoms with van der Waals surface area (Å²) in [7, 11) is 0. The van der Waals surface area contributed by atoms with E-state index in [-0.39, 0.29) is 17.9 Å². The van der Waals surface area contributed by atoms with Crippen LogP contribution >= 0.6 is 0 Å². The average molecular weight is 392 g/mol. The van der Waals surface area contributed by atoms with Gasteiger partial charge in [0.1, 0.15) is 11.3 Å². The predicted octanol–water partition coefficient (Wildman–Crippen LogP) is 3.20. The molecule has 0 bridgehead atoms. The number of aromatic hydroxyl groups is 1. The number of rotatable bonds is 4. The normalized spacial score (nSPS) is 16.0. The first-order valence-corrected chi connectivity index (χ1v) is 9.82. The quantitative estimate of drug-likeness (QED) is 0.735. The van der Waals surface area contributed by atoms with Gasteiger partial charge in [-0.15, -0.1) is 0 Å². The summed E-state index contributed by atoms with van der Waals surface area (Å²) in [5.41, 5.74) is 2.19. The van der Waals surface area contributed by atoms with Gasteiger partial charge in [-0.1, -0.05) is 24.3 Å². The third-order valence-corrected chi connectivity index (χ3v) is 5.25. The number of pyridine rings is 2. The molecule has 1 aliphatic rings. The second-order valence-corrected chi connectivity index (χ2v) is 6.96. The third kappa shape index (κ3) is 3.86. The predicted molar refractivity (Wildman–Crippen MR) is 110 cm³/mol.